The summed E-state index contributed by atoms with van der Waals surface area (Å²) >= 11 is 0. The van der Waals surface area contributed by atoms with Crippen LogP contribution in [0.25, 0.3) is 22.4 Å². The summed E-state index contributed by atoms with van der Waals surface area (Å²) in [7, 11) is 0. The van der Waals surface area contributed by atoms with Crippen LogP contribution in [0.3, 0.4) is 0 Å². The number of benzene rings is 2. The molecule has 0 radical (unpaired) electrons. The molecule has 0 bridgehead atoms. The summed E-state index contributed by atoms with van der Waals surface area (Å²) in [5.41, 5.74) is 4.43. The molecule has 158 valence electrons. The summed E-state index contributed by atoms with van der Waals surface area (Å²) in [5.74, 6) is 0.850. The van der Waals surface area contributed by atoms with Gasteiger partial charge in [-0.25, -0.2) is 4.98 Å². The second kappa shape index (κ2) is 8.51. The van der Waals surface area contributed by atoms with E-state index in [1.54, 1.807) is 11.5 Å². The second-order valence-corrected chi connectivity index (χ2v) is 7.42. The largest absolute Gasteiger partial charge is 0.339 e. The summed E-state index contributed by atoms with van der Waals surface area (Å²) in [6.45, 7) is 5.88. The Balaban J connectivity index is 1.59. The molecule has 2 aromatic carbocycles. The zero-order valence-electron chi connectivity index (χ0n) is 17.7. The lowest BCUT2D eigenvalue weighted by Gasteiger charge is -2.10. The number of carbonyl (C=O) groups is 1. The van der Waals surface area contributed by atoms with Crippen LogP contribution >= 0.6 is 0 Å². The monoisotopic (exact) mass is 417 g/mol. The number of fused-ring (bicyclic) bond motifs is 1. The number of aromatic nitrogens is 4. The van der Waals surface area contributed by atoms with Crippen LogP contribution in [-0.2, 0) is 17.8 Å². The first-order valence-corrected chi connectivity index (χ1v) is 10.2. The molecule has 0 aliphatic rings. The van der Waals surface area contributed by atoms with E-state index in [0.717, 1.165) is 34.3 Å². The van der Waals surface area contributed by atoms with Crippen LogP contribution < -0.4 is 10.9 Å². The standard InChI is InChI=1S/C23H23N5O3/c1-4-11-28-20-10-7-17(13-19(20)24-14(2)23(28)30)22-26-21(31-27-22)12-16-5-8-18(9-6-16)25-15(3)29/h5-10,13H,4,11-12H2,1-3H3,(H,25,29). The van der Waals surface area contributed by atoms with Crippen molar-refractivity contribution in [1.82, 2.24) is 19.7 Å². The summed E-state index contributed by atoms with van der Waals surface area (Å²) in [6.07, 6.45) is 1.34. The molecule has 0 atom stereocenters. The number of nitrogens with zero attached hydrogens (tertiary/aromatic N) is 4. The predicted molar refractivity (Wildman–Crippen MR) is 118 cm³/mol. The number of amides is 1. The number of nitrogens with one attached hydrogen (secondary N) is 1. The van der Waals surface area contributed by atoms with Crippen LogP contribution in [0.4, 0.5) is 5.69 Å². The molecule has 1 N–H and O–H groups in total. The van der Waals surface area contributed by atoms with E-state index in [4.69, 9.17) is 4.52 Å². The van der Waals surface area contributed by atoms with Crippen molar-refractivity contribution in [3.05, 3.63) is 70.0 Å². The number of aryl methyl sites for hydroxylation is 2. The topological polar surface area (TPSA) is 103 Å². The van der Waals surface area contributed by atoms with E-state index in [-0.39, 0.29) is 11.5 Å². The smallest absolute Gasteiger partial charge is 0.272 e. The molecule has 31 heavy (non-hydrogen) atoms. The Labute approximate surface area is 178 Å². The first kappa shape index (κ1) is 20.5. The molecule has 4 rings (SSSR count). The SMILES string of the molecule is CCCn1c(=O)c(C)nc2cc(-c3noc(Cc4ccc(NC(C)=O)cc4)n3)ccc21. The molecule has 0 saturated heterocycles. The zero-order chi connectivity index (χ0) is 22.0. The molecule has 8 heteroatoms. The van der Waals surface area contributed by atoms with Gasteiger partial charge in [0.2, 0.25) is 17.6 Å². The van der Waals surface area contributed by atoms with Crippen molar-refractivity contribution >= 4 is 22.6 Å². The summed E-state index contributed by atoms with van der Waals surface area (Å²) < 4.78 is 7.19. The van der Waals surface area contributed by atoms with Crippen molar-refractivity contribution in [1.29, 1.82) is 0 Å². The van der Waals surface area contributed by atoms with Crippen molar-refractivity contribution in [2.24, 2.45) is 0 Å². The average Bonchev–Trinajstić information content (AvgIpc) is 3.20. The lowest BCUT2D eigenvalue weighted by molar-refractivity contribution is -0.114. The number of rotatable bonds is 6. The van der Waals surface area contributed by atoms with E-state index < -0.39 is 0 Å². The predicted octanol–water partition coefficient (Wildman–Crippen LogP) is 3.71. The third-order valence-electron chi connectivity index (χ3n) is 4.91. The zero-order valence-corrected chi connectivity index (χ0v) is 17.7. The van der Waals surface area contributed by atoms with Gasteiger partial charge in [0.15, 0.2) is 0 Å². The normalized spacial score (nSPS) is 11.1. The first-order valence-electron chi connectivity index (χ1n) is 10.2. The molecule has 0 aliphatic heterocycles. The second-order valence-electron chi connectivity index (χ2n) is 7.42. The summed E-state index contributed by atoms with van der Waals surface area (Å²) in [4.78, 5) is 32.5. The number of hydrogen-bond acceptors (Lipinski definition) is 6. The maximum atomic E-state index is 12.4. The van der Waals surface area contributed by atoms with E-state index in [1.165, 1.54) is 6.92 Å². The Bertz CT molecular complexity index is 1310. The van der Waals surface area contributed by atoms with E-state index in [1.807, 2.05) is 49.4 Å². The van der Waals surface area contributed by atoms with E-state index in [0.29, 0.717) is 30.4 Å². The van der Waals surface area contributed by atoms with Gasteiger partial charge in [-0.3, -0.25) is 9.59 Å². The Kier molecular flexibility index (Phi) is 5.62. The average molecular weight is 417 g/mol. The highest BCUT2D eigenvalue weighted by molar-refractivity contribution is 5.88. The van der Waals surface area contributed by atoms with Crippen LogP contribution in [0.5, 0.6) is 0 Å². The Hall–Kier alpha value is -3.81. The third-order valence-corrected chi connectivity index (χ3v) is 4.91. The van der Waals surface area contributed by atoms with Crippen molar-refractivity contribution in [3.63, 3.8) is 0 Å². The molecule has 1 amide bonds. The van der Waals surface area contributed by atoms with E-state index >= 15 is 0 Å². The minimum atomic E-state index is -0.110. The van der Waals surface area contributed by atoms with Gasteiger partial charge in [-0.2, -0.15) is 4.98 Å². The first-order chi connectivity index (χ1) is 14.9. The number of anilines is 1. The lowest BCUT2D eigenvalue weighted by atomic mass is 10.1. The fourth-order valence-electron chi connectivity index (χ4n) is 3.49. The molecule has 2 heterocycles. The fraction of sp³-hybridized carbons (Fsp3) is 0.261. The van der Waals surface area contributed by atoms with Gasteiger partial charge in [0.25, 0.3) is 5.56 Å². The van der Waals surface area contributed by atoms with Crippen molar-refractivity contribution in [2.45, 2.75) is 40.2 Å². The lowest BCUT2D eigenvalue weighted by Crippen LogP contribution is -2.24. The van der Waals surface area contributed by atoms with Gasteiger partial charge >= 0.3 is 0 Å². The molecule has 0 saturated carbocycles. The molecular weight excluding hydrogens is 394 g/mol. The Morgan fingerprint density at radius 1 is 1.13 bits per heavy atom. The minimum Gasteiger partial charge on any atom is -0.339 e. The van der Waals surface area contributed by atoms with Crippen LogP contribution in [0.15, 0.2) is 51.8 Å². The van der Waals surface area contributed by atoms with Crippen molar-refractivity contribution < 1.29 is 9.32 Å². The summed E-state index contributed by atoms with van der Waals surface area (Å²) in [5, 5.41) is 6.84. The molecule has 0 spiro atoms. The van der Waals surface area contributed by atoms with Gasteiger partial charge in [-0.15, -0.1) is 0 Å². The molecule has 0 fully saturated rings. The van der Waals surface area contributed by atoms with Gasteiger partial charge in [0.05, 0.1) is 17.5 Å². The number of hydrogen-bond donors (Lipinski definition) is 1. The Morgan fingerprint density at radius 3 is 2.61 bits per heavy atom. The highest BCUT2D eigenvalue weighted by Crippen LogP contribution is 2.22. The molecule has 8 nitrogen and oxygen atoms in total. The molecule has 0 aliphatic carbocycles. The van der Waals surface area contributed by atoms with Gasteiger partial charge in [0.1, 0.15) is 5.69 Å². The maximum Gasteiger partial charge on any atom is 0.272 e. The van der Waals surface area contributed by atoms with Crippen LogP contribution in [-0.4, -0.2) is 25.6 Å². The molecular formula is C23H23N5O3. The van der Waals surface area contributed by atoms with Crippen LogP contribution in [0.1, 0.15) is 37.4 Å². The van der Waals surface area contributed by atoms with Crippen LogP contribution in [0.2, 0.25) is 0 Å². The fourth-order valence-corrected chi connectivity index (χ4v) is 3.49. The quantitative estimate of drug-likeness (QED) is 0.513. The molecule has 4 aromatic rings. The van der Waals surface area contributed by atoms with Gasteiger partial charge in [0, 0.05) is 24.7 Å². The molecule has 2 aromatic heterocycles. The maximum absolute atomic E-state index is 12.4. The Morgan fingerprint density at radius 2 is 1.90 bits per heavy atom. The van der Waals surface area contributed by atoms with Gasteiger partial charge < -0.3 is 14.4 Å². The third kappa shape index (κ3) is 4.37. The van der Waals surface area contributed by atoms with E-state index in [9.17, 15) is 9.59 Å². The highest BCUT2D eigenvalue weighted by Gasteiger charge is 2.13. The van der Waals surface area contributed by atoms with Crippen molar-refractivity contribution in [2.75, 3.05) is 5.32 Å². The van der Waals surface area contributed by atoms with Crippen LogP contribution in [0, 0.1) is 6.92 Å². The number of carbonyl (C=O) groups excluding carboxylic acids is 1. The van der Waals surface area contributed by atoms with E-state index in [2.05, 4.69) is 20.4 Å². The van der Waals surface area contributed by atoms with Crippen molar-refractivity contribution in [3.8, 4) is 11.4 Å². The highest BCUT2D eigenvalue weighted by atomic mass is 16.5. The summed E-state index contributed by atoms with van der Waals surface area (Å²) in [6, 6.07) is 13.1. The molecule has 0 unspecified atom stereocenters. The van der Waals surface area contributed by atoms with Gasteiger partial charge in [-0.1, -0.05) is 24.2 Å². The minimum absolute atomic E-state index is 0.0616. The van der Waals surface area contributed by atoms with Gasteiger partial charge in [-0.05, 0) is 49.2 Å².